The van der Waals surface area contributed by atoms with E-state index in [1.54, 1.807) is 7.05 Å². The summed E-state index contributed by atoms with van der Waals surface area (Å²) in [6, 6.07) is 0. The number of nitrogens with one attached hydrogen (secondary N) is 1. The van der Waals surface area contributed by atoms with Crippen LogP contribution in [0.25, 0.3) is 0 Å². The zero-order valence-corrected chi connectivity index (χ0v) is 9.70. The minimum Gasteiger partial charge on any atom is -0.393 e. The van der Waals surface area contributed by atoms with Crippen LogP contribution in [0.3, 0.4) is 0 Å². The molecule has 0 radical (unpaired) electrons. The van der Waals surface area contributed by atoms with Crippen molar-refractivity contribution in [2.24, 2.45) is 5.92 Å². The standard InChI is InChI=1S/C11H22N2O2/c1-3-4-9-8-13(6-5-10(9)14)11(15)7-12-2/h9-10,12,14H,3-8H2,1-2H3/t9-,10-/m1/s1. The molecular weight excluding hydrogens is 192 g/mol. The van der Waals surface area contributed by atoms with E-state index in [0.717, 1.165) is 25.8 Å². The zero-order valence-electron chi connectivity index (χ0n) is 9.70. The van der Waals surface area contributed by atoms with Gasteiger partial charge in [0, 0.05) is 19.0 Å². The monoisotopic (exact) mass is 214 g/mol. The molecule has 0 aliphatic carbocycles. The molecule has 1 rings (SSSR count). The fourth-order valence-electron chi connectivity index (χ4n) is 2.16. The van der Waals surface area contributed by atoms with Gasteiger partial charge in [-0.15, -0.1) is 0 Å². The highest BCUT2D eigenvalue weighted by atomic mass is 16.3. The first kappa shape index (κ1) is 12.5. The van der Waals surface area contributed by atoms with Gasteiger partial charge in [0.1, 0.15) is 0 Å². The van der Waals surface area contributed by atoms with Crippen LogP contribution < -0.4 is 5.32 Å². The Labute approximate surface area is 91.6 Å². The van der Waals surface area contributed by atoms with E-state index in [9.17, 15) is 9.90 Å². The van der Waals surface area contributed by atoms with Crippen molar-refractivity contribution in [1.82, 2.24) is 10.2 Å². The highest BCUT2D eigenvalue weighted by Gasteiger charge is 2.28. The second-order valence-electron chi connectivity index (χ2n) is 4.27. The van der Waals surface area contributed by atoms with Gasteiger partial charge in [0.25, 0.3) is 0 Å². The third-order valence-corrected chi connectivity index (χ3v) is 3.03. The van der Waals surface area contributed by atoms with E-state index in [4.69, 9.17) is 0 Å². The quantitative estimate of drug-likeness (QED) is 0.703. The Balaban J connectivity index is 2.45. The van der Waals surface area contributed by atoms with Crippen molar-refractivity contribution in [1.29, 1.82) is 0 Å². The number of likely N-dealkylation sites (tertiary alicyclic amines) is 1. The van der Waals surface area contributed by atoms with Crippen LogP contribution in [0.2, 0.25) is 0 Å². The van der Waals surface area contributed by atoms with Crippen molar-refractivity contribution in [2.45, 2.75) is 32.3 Å². The van der Waals surface area contributed by atoms with Gasteiger partial charge in [-0.1, -0.05) is 13.3 Å². The Morgan fingerprint density at radius 1 is 1.60 bits per heavy atom. The Kier molecular flexibility index (Phi) is 5.05. The average molecular weight is 214 g/mol. The molecule has 4 nitrogen and oxygen atoms in total. The van der Waals surface area contributed by atoms with Crippen LogP contribution >= 0.6 is 0 Å². The summed E-state index contributed by atoms with van der Waals surface area (Å²) in [7, 11) is 1.78. The molecule has 1 saturated heterocycles. The van der Waals surface area contributed by atoms with Gasteiger partial charge in [0.15, 0.2) is 0 Å². The number of hydrogen-bond donors (Lipinski definition) is 2. The van der Waals surface area contributed by atoms with Crippen molar-refractivity contribution >= 4 is 5.91 Å². The molecule has 1 amide bonds. The number of aliphatic hydroxyl groups is 1. The number of piperidine rings is 1. The van der Waals surface area contributed by atoms with Gasteiger partial charge in [-0.05, 0) is 19.9 Å². The molecule has 0 spiro atoms. The molecule has 0 aromatic heterocycles. The first-order chi connectivity index (χ1) is 7.19. The van der Waals surface area contributed by atoms with E-state index in [0.29, 0.717) is 13.1 Å². The minimum absolute atomic E-state index is 0.144. The van der Waals surface area contributed by atoms with Gasteiger partial charge >= 0.3 is 0 Å². The lowest BCUT2D eigenvalue weighted by Crippen LogP contribution is -2.48. The summed E-state index contributed by atoms with van der Waals surface area (Å²) in [5.74, 6) is 0.412. The molecule has 2 atom stereocenters. The SMILES string of the molecule is CCC[C@@H]1CN(C(=O)CNC)CC[C@H]1O. The lowest BCUT2D eigenvalue weighted by Gasteiger charge is -2.36. The number of amides is 1. The van der Waals surface area contributed by atoms with Gasteiger partial charge in [-0.3, -0.25) is 4.79 Å². The number of carbonyl (C=O) groups is 1. The van der Waals surface area contributed by atoms with Crippen LogP contribution in [-0.4, -0.2) is 48.7 Å². The predicted octanol–water partition coefficient (Wildman–Crippen LogP) is 0.215. The maximum absolute atomic E-state index is 11.6. The number of rotatable bonds is 4. The maximum Gasteiger partial charge on any atom is 0.236 e. The Morgan fingerprint density at radius 3 is 2.93 bits per heavy atom. The number of carbonyl (C=O) groups excluding carboxylic acids is 1. The summed E-state index contributed by atoms with van der Waals surface area (Å²) >= 11 is 0. The second kappa shape index (κ2) is 6.08. The van der Waals surface area contributed by atoms with E-state index < -0.39 is 0 Å². The van der Waals surface area contributed by atoms with Crippen molar-refractivity contribution in [3.8, 4) is 0 Å². The molecule has 1 fully saturated rings. The third-order valence-electron chi connectivity index (χ3n) is 3.03. The Hall–Kier alpha value is -0.610. The van der Waals surface area contributed by atoms with Crippen LogP contribution in [0.1, 0.15) is 26.2 Å². The highest BCUT2D eigenvalue weighted by molar-refractivity contribution is 5.78. The van der Waals surface area contributed by atoms with Gasteiger partial charge in [-0.2, -0.15) is 0 Å². The van der Waals surface area contributed by atoms with E-state index in [1.807, 2.05) is 4.90 Å². The van der Waals surface area contributed by atoms with E-state index in [1.165, 1.54) is 0 Å². The molecule has 0 bridgehead atoms. The van der Waals surface area contributed by atoms with Gasteiger partial charge in [0.05, 0.1) is 12.6 Å². The number of hydrogen-bond acceptors (Lipinski definition) is 3. The van der Waals surface area contributed by atoms with Crippen LogP contribution in [0, 0.1) is 5.92 Å². The Morgan fingerprint density at radius 2 is 2.33 bits per heavy atom. The minimum atomic E-state index is -0.219. The van der Waals surface area contributed by atoms with Crippen LogP contribution in [0.5, 0.6) is 0 Å². The molecule has 2 N–H and O–H groups in total. The summed E-state index contributed by atoms with van der Waals surface area (Å²) in [6.45, 7) is 3.92. The lowest BCUT2D eigenvalue weighted by atomic mass is 9.91. The largest absolute Gasteiger partial charge is 0.393 e. The zero-order chi connectivity index (χ0) is 11.3. The van der Waals surface area contributed by atoms with Crippen LogP contribution in [0.4, 0.5) is 0 Å². The summed E-state index contributed by atoms with van der Waals surface area (Å²) in [6.07, 6.45) is 2.57. The summed E-state index contributed by atoms with van der Waals surface area (Å²) in [5.41, 5.74) is 0. The number of aliphatic hydroxyl groups excluding tert-OH is 1. The van der Waals surface area contributed by atoms with Crippen molar-refractivity contribution in [2.75, 3.05) is 26.7 Å². The van der Waals surface area contributed by atoms with Gasteiger partial charge in [0.2, 0.25) is 5.91 Å². The van der Waals surface area contributed by atoms with Gasteiger partial charge < -0.3 is 15.3 Å². The van der Waals surface area contributed by atoms with Crippen molar-refractivity contribution in [3.05, 3.63) is 0 Å². The summed E-state index contributed by atoms with van der Waals surface area (Å²) in [4.78, 5) is 13.5. The Bertz CT molecular complexity index is 209. The molecule has 0 aromatic rings. The van der Waals surface area contributed by atoms with Crippen molar-refractivity contribution in [3.63, 3.8) is 0 Å². The molecule has 1 aliphatic rings. The molecule has 88 valence electrons. The third kappa shape index (κ3) is 3.47. The highest BCUT2D eigenvalue weighted by Crippen LogP contribution is 2.21. The average Bonchev–Trinajstić information content (AvgIpc) is 2.22. The molecule has 1 heterocycles. The molecule has 1 aliphatic heterocycles. The molecule has 15 heavy (non-hydrogen) atoms. The molecular formula is C11H22N2O2. The first-order valence-corrected chi connectivity index (χ1v) is 5.79. The number of nitrogens with zero attached hydrogens (tertiary/aromatic N) is 1. The normalized spacial score (nSPS) is 26.7. The molecule has 0 aromatic carbocycles. The predicted molar refractivity (Wildman–Crippen MR) is 59.5 cm³/mol. The number of likely N-dealkylation sites (N-methyl/N-ethyl adjacent to an activating group) is 1. The van der Waals surface area contributed by atoms with E-state index in [2.05, 4.69) is 12.2 Å². The smallest absolute Gasteiger partial charge is 0.236 e. The lowest BCUT2D eigenvalue weighted by molar-refractivity contribution is -0.134. The first-order valence-electron chi connectivity index (χ1n) is 5.79. The fraction of sp³-hybridized carbons (Fsp3) is 0.909. The fourth-order valence-corrected chi connectivity index (χ4v) is 2.16. The van der Waals surface area contributed by atoms with Crippen LogP contribution in [-0.2, 0) is 4.79 Å². The van der Waals surface area contributed by atoms with E-state index >= 15 is 0 Å². The van der Waals surface area contributed by atoms with E-state index in [-0.39, 0.29) is 17.9 Å². The molecule has 4 heteroatoms. The second-order valence-corrected chi connectivity index (χ2v) is 4.27. The topological polar surface area (TPSA) is 52.6 Å². The van der Waals surface area contributed by atoms with Gasteiger partial charge in [-0.25, -0.2) is 0 Å². The summed E-state index contributed by atoms with van der Waals surface area (Å²) in [5, 5.41) is 12.6. The summed E-state index contributed by atoms with van der Waals surface area (Å²) < 4.78 is 0. The van der Waals surface area contributed by atoms with Crippen LogP contribution in [0.15, 0.2) is 0 Å². The molecule has 0 saturated carbocycles. The van der Waals surface area contributed by atoms with Crippen molar-refractivity contribution < 1.29 is 9.90 Å². The maximum atomic E-state index is 11.6. The molecule has 0 unspecified atom stereocenters.